The van der Waals surface area contributed by atoms with E-state index in [2.05, 4.69) is 5.16 Å². The highest BCUT2D eigenvalue weighted by molar-refractivity contribution is 5.73. The standard InChI is InChI=1S/C17H13F2NO3/c1-22-11-5-2-4-10(8-11)16-13(9-21)17(23-20-16)12-6-3-7-14(18)15(12)19/h2-8,21H,9H2,1H3. The Labute approximate surface area is 130 Å². The number of benzene rings is 2. The Bertz CT molecular complexity index is 846. The van der Waals surface area contributed by atoms with Gasteiger partial charge in [-0.25, -0.2) is 8.78 Å². The topological polar surface area (TPSA) is 55.5 Å². The summed E-state index contributed by atoms with van der Waals surface area (Å²) >= 11 is 0. The molecule has 118 valence electrons. The third-order valence-electron chi connectivity index (χ3n) is 3.49. The van der Waals surface area contributed by atoms with E-state index in [1.54, 1.807) is 24.3 Å². The van der Waals surface area contributed by atoms with Gasteiger partial charge in [-0.05, 0) is 24.3 Å². The van der Waals surface area contributed by atoms with Crippen molar-refractivity contribution in [2.45, 2.75) is 6.61 Å². The minimum absolute atomic E-state index is 0.00215. The van der Waals surface area contributed by atoms with Crippen molar-refractivity contribution in [2.24, 2.45) is 0 Å². The Morgan fingerprint density at radius 1 is 1.17 bits per heavy atom. The first-order valence-electron chi connectivity index (χ1n) is 6.84. The zero-order valence-corrected chi connectivity index (χ0v) is 12.2. The first kappa shape index (κ1) is 15.2. The number of methoxy groups -OCH3 is 1. The zero-order valence-electron chi connectivity index (χ0n) is 12.2. The first-order valence-corrected chi connectivity index (χ1v) is 6.84. The van der Waals surface area contributed by atoms with Gasteiger partial charge in [0, 0.05) is 5.56 Å². The summed E-state index contributed by atoms with van der Waals surface area (Å²) in [6.07, 6.45) is 0. The van der Waals surface area contributed by atoms with Gasteiger partial charge in [0.15, 0.2) is 17.4 Å². The van der Waals surface area contributed by atoms with Crippen LogP contribution in [0.25, 0.3) is 22.6 Å². The molecule has 6 heteroatoms. The molecule has 1 aromatic heterocycles. The summed E-state index contributed by atoms with van der Waals surface area (Å²) < 4.78 is 37.7. The largest absolute Gasteiger partial charge is 0.497 e. The van der Waals surface area contributed by atoms with Gasteiger partial charge >= 0.3 is 0 Å². The summed E-state index contributed by atoms with van der Waals surface area (Å²) in [7, 11) is 1.53. The number of aromatic nitrogens is 1. The van der Waals surface area contributed by atoms with Crippen molar-refractivity contribution in [3.05, 3.63) is 59.7 Å². The van der Waals surface area contributed by atoms with Crippen LogP contribution in [-0.2, 0) is 6.61 Å². The molecular weight excluding hydrogens is 304 g/mol. The molecule has 0 saturated carbocycles. The molecule has 2 aromatic carbocycles. The monoisotopic (exact) mass is 317 g/mol. The van der Waals surface area contributed by atoms with E-state index in [0.717, 1.165) is 6.07 Å². The number of aliphatic hydroxyl groups is 1. The fourth-order valence-corrected chi connectivity index (χ4v) is 2.34. The molecule has 0 bridgehead atoms. The first-order chi connectivity index (χ1) is 11.2. The Balaban J connectivity index is 2.15. The van der Waals surface area contributed by atoms with Gasteiger partial charge in [-0.15, -0.1) is 0 Å². The molecule has 1 N–H and O–H groups in total. The Hall–Kier alpha value is -2.73. The van der Waals surface area contributed by atoms with Crippen LogP contribution in [0.5, 0.6) is 5.75 Å². The van der Waals surface area contributed by atoms with Gasteiger partial charge in [0.1, 0.15) is 11.4 Å². The van der Waals surface area contributed by atoms with Crippen LogP contribution < -0.4 is 4.74 Å². The normalized spacial score (nSPS) is 10.8. The van der Waals surface area contributed by atoms with Gasteiger partial charge in [-0.3, -0.25) is 0 Å². The molecule has 23 heavy (non-hydrogen) atoms. The summed E-state index contributed by atoms with van der Waals surface area (Å²) in [5.74, 6) is -1.43. The van der Waals surface area contributed by atoms with Crippen LogP contribution in [0.2, 0.25) is 0 Å². The van der Waals surface area contributed by atoms with Crippen molar-refractivity contribution < 1.29 is 23.1 Å². The summed E-state index contributed by atoms with van der Waals surface area (Å²) in [6, 6.07) is 10.7. The summed E-state index contributed by atoms with van der Waals surface area (Å²) in [4.78, 5) is 0. The fraction of sp³-hybridized carbons (Fsp3) is 0.118. The smallest absolute Gasteiger partial charge is 0.176 e. The number of aliphatic hydroxyl groups excluding tert-OH is 1. The van der Waals surface area contributed by atoms with E-state index in [1.165, 1.54) is 19.2 Å². The third-order valence-corrected chi connectivity index (χ3v) is 3.49. The Morgan fingerprint density at radius 3 is 2.70 bits per heavy atom. The lowest BCUT2D eigenvalue weighted by molar-refractivity contribution is 0.281. The number of nitrogens with zero attached hydrogens (tertiary/aromatic N) is 1. The number of rotatable bonds is 4. The van der Waals surface area contributed by atoms with Crippen LogP contribution in [0.1, 0.15) is 5.56 Å². The lowest BCUT2D eigenvalue weighted by atomic mass is 10.0. The van der Waals surface area contributed by atoms with Gasteiger partial charge in [0.2, 0.25) is 0 Å². The van der Waals surface area contributed by atoms with Crippen molar-refractivity contribution in [3.8, 4) is 28.3 Å². The summed E-state index contributed by atoms with van der Waals surface area (Å²) in [6.45, 7) is -0.429. The Kier molecular flexibility index (Phi) is 4.08. The maximum atomic E-state index is 14.0. The number of hydrogen-bond acceptors (Lipinski definition) is 4. The van der Waals surface area contributed by atoms with Crippen LogP contribution >= 0.6 is 0 Å². The fourth-order valence-electron chi connectivity index (χ4n) is 2.34. The molecule has 0 aliphatic heterocycles. The molecule has 0 saturated heterocycles. The predicted molar refractivity (Wildman–Crippen MR) is 79.8 cm³/mol. The molecule has 0 spiro atoms. The van der Waals surface area contributed by atoms with E-state index >= 15 is 0 Å². The summed E-state index contributed by atoms with van der Waals surface area (Å²) in [5.41, 5.74) is 1.18. The molecular formula is C17H13F2NO3. The molecule has 0 atom stereocenters. The van der Waals surface area contributed by atoms with Crippen molar-refractivity contribution in [1.82, 2.24) is 5.16 Å². The number of halogens is 2. The quantitative estimate of drug-likeness (QED) is 0.795. The van der Waals surface area contributed by atoms with Gasteiger partial charge < -0.3 is 14.4 Å². The molecule has 0 radical (unpaired) electrons. The van der Waals surface area contributed by atoms with Crippen LogP contribution in [0.3, 0.4) is 0 Å². The van der Waals surface area contributed by atoms with Crippen molar-refractivity contribution in [1.29, 1.82) is 0 Å². The lowest BCUT2D eigenvalue weighted by Gasteiger charge is -2.04. The maximum absolute atomic E-state index is 14.0. The van der Waals surface area contributed by atoms with Gasteiger partial charge in [-0.2, -0.15) is 0 Å². The van der Waals surface area contributed by atoms with Crippen LogP contribution in [0, 0.1) is 11.6 Å². The van der Waals surface area contributed by atoms with Gasteiger partial charge in [0.05, 0.1) is 24.8 Å². The van der Waals surface area contributed by atoms with E-state index in [4.69, 9.17) is 9.26 Å². The van der Waals surface area contributed by atoms with E-state index in [9.17, 15) is 13.9 Å². The average molecular weight is 317 g/mol. The molecule has 0 aliphatic carbocycles. The highest BCUT2D eigenvalue weighted by Crippen LogP contribution is 2.35. The molecule has 4 nitrogen and oxygen atoms in total. The van der Waals surface area contributed by atoms with Crippen molar-refractivity contribution >= 4 is 0 Å². The number of ether oxygens (including phenoxy) is 1. The van der Waals surface area contributed by atoms with E-state index < -0.39 is 18.2 Å². The van der Waals surface area contributed by atoms with Crippen molar-refractivity contribution in [3.63, 3.8) is 0 Å². The van der Waals surface area contributed by atoms with Gasteiger partial charge in [-0.1, -0.05) is 23.4 Å². The van der Waals surface area contributed by atoms with E-state index in [1.807, 2.05) is 0 Å². The molecule has 0 unspecified atom stereocenters. The Morgan fingerprint density at radius 2 is 1.96 bits per heavy atom. The molecule has 3 aromatic rings. The SMILES string of the molecule is COc1cccc(-c2noc(-c3cccc(F)c3F)c2CO)c1. The second-order valence-corrected chi connectivity index (χ2v) is 4.83. The predicted octanol–water partition coefficient (Wildman–Crippen LogP) is 3.79. The second-order valence-electron chi connectivity index (χ2n) is 4.83. The van der Waals surface area contributed by atoms with E-state index in [0.29, 0.717) is 17.0 Å². The minimum atomic E-state index is -1.05. The molecule has 0 fully saturated rings. The highest BCUT2D eigenvalue weighted by atomic mass is 19.2. The third kappa shape index (κ3) is 2.68. The van der Waals surface area contributed by atoms with E-state index in [-0.39, 0.29) is 16.9 Å². The highest BCUT2D eigenvalue weighted by Gasteiger charge is 2.22. The average Bonchev–Trinajstić information content (AvgIpc) is 3.01. The van der Waals surface area contributed by atoms with Crippen molar-refractivity contribution in [2.75, 3.05) is 7.11 Å². The summed E-state index contributed by atoms with van der Waals surface area (Å²) in [5, 5.41) is 13.6. The minimum Gasteiger partial charge on any atom is -0.497 e. The number of hydrogen-bond donors (Lipinski definition) is 1. The molecule has 3 rings (SSSR count). The molecule has 0 amide bonds. The lowest BCUT2D eigenvalue weighted by Crippen LogP contribution is -1.93. The molecule has 1 heterocycles. The van der Waals surface area contributed by atoms with Crippen LogP contribution in [0.15, 0.2) is 47.0 Å². The van der Waals surface area contributed by atoms with Crippen LogP contribution in [0.4, 0.5) is 8.78 Å². The zero-order chi connectivity index (χ0) is 16.4. The second kappa shape index (κ2) is 6.18. The molecule has 0 aliphatic rings. The van der Waals surface area contributed by atoms with Gasteiger partial charge in [0.25, 0.3) is 0 Å². The van der Waals surface area contributed by atoms with Crippen LogP contribution in [-0.4, -0.2) is 17.4 Å². The maximum Gasteiger partial charge on any atom is 0.176 e.